The summed E-state index contributed by atoms with van der Waals surface area (Å²) in [5, 5.41) is 0. The first-order chi connectivity index (χ1) is 8.79. The molecule has 1 atom stereocenters. The maximum atomic E-state index is 6.16. The van der Waals surface area contributed by atoms with Gasteiger partial charge in [-0.1, -0.05) is 6.07 Å². The molecule has 94 valence electrons. The molecule has 1 aromatic carbocycles. The molecule has 18 heavy (non-hydrogen) atoms. The van der Waals surface area contributed by atoms with Crippen molar-refractivity contribution in [3.63, 3.8) is 0 Å². The van der Waals surface area contributed by atoms with Crippen LogP contribution in [-0.2, 0) is 6.42 Å². The molecule has 3 heteroatoms. The monoisotopic (exact) mass is 242 g/mol. The van der Waals surface area contributed by atoms with E-state index in [1.807, 2.05) is 12.1 Å². The van der Waals surface area contributed by atoms with Crippen molar-refractivity contribution in [3.05, 3.63) is 47.8 Å². The molecule has 1 aromatic heterocycles. The minimum Gasteiger partial charge on any atom is -0.497 e. The minimum absolute atomic E-state index is 0.195. The Morgan fingerprint density at radius 3 is 3.06 bits per heavy atom. The summed E-state index contributed by atoms with van der Waals surface area (Å²) in [5.41, 5.74) is 9.94. The van der Waals surface area contributed by atoms with E-state index >= 15 is 0 Å². The summed E-state index contributed by atoms with van der Waals surface area (Å²) in [6.07, 6.45) is 5.48. The second-order valence-corrected chi connectivity index (χ2v) is 4.79. The van der Waals surface area contributed by atoms with Crippen molar-refractivity contribution in [2.24, 2.45) is 5.73 Å². The normalized spacial score (nSPS) is 18.4. The van der Waals surface area contributed by atoms with Gasteiger partial charge in [0.25, 0.3) is 0 Å². The molecule has 0 fully saturated rings. The van der Waals surface area contributed by atoms with Crippen LogP contribution in [0, 0.1) is 0 Å². The second-order valence-electron chi connectivity index (χ2n) is 4.79. The van der Waals surface area contributed by atoms with E-state index in [1.165, 1.54) is 17.7 Å². The Hall–Kier alpha value is -1.74. The molecule has 0 aliphatic heterocycles. The summed E-state index contributed by atoms with van der Waals surface area (Å²) >= 11 is 0. The first-order valence-corrected chi connectivity index (χ1v) is 6.39. The van der Waals surface area contributed by atoms with E-state index in [0.29, 0.717) is 0 Å². The van der Waals surface area contributed by atoms with Crippen LogP contribution in [0.3, 0.4) is 0 Å². The number of nitrogens with zero attached hydrogens (tertiary/aromatic N) is 1. The fraction of sp³-hybridized carbons (Fsp3) is 0.333. The maximum Gasteiger partial charge on any atom is 0.120 e. The van der Waals surface area contributed by atoms with E-state index in [4.69, 9.17) is 10.5 Å². The Bertz CT molecular complexity index is 559. The number of hydrogen-bond acceptors (Lipinski definition) is 2. The third-order valence-electron chi connectivity index (χ3n) is 3.69. The van der Waals surface area contributed by atoms with Crippen LogP contribution in [0.25, 0.3) is 5.69 Å². The van der Waals surface area contributed by atoms with E-state index < -0.39 is 0 Å². The van der Waals surface area contributed by atoms with Crippen molar-refractivity contribution in [1.29, 1.82) is 0 Å². The Labute approximate surface area is 107 Å². The fourth-order valence-electron chi connectivity index (χ4n) is 2.73. The highest BCUT2D eigenvalue weighted by molar-refractivity contribution is 5.44. The van der Waals surface area contributed by atoms with Crippen LogP contribution in [0.15, 0.2) is 36.5 Å². The molecule has 1 unspecified atom stereocenters. The average molecular weight is 242 g/mol. The van der Waals surface area contributed by atoms with Crippen molar-refractivity contribution >= 4 is 0 Å². The van der Waals surface area contributed by atoms with Crippen molar-refractivity contribution < 1.29 is 4.74 Å². The standard InChI is InChI=1S/C15H18N2O/c1-18-12-5-2-4-11(10-12)17-9-8-13-14(16)6-3-7-15(13)17/h2,4-5,8-10,14H,3,6-7,16H2,1H3. The van der Waals surface area contributed by atoms with Gasteiger partial charge in [-0.25, -0.2) is 0 Å². The van der Waals surface area contributed by atoms with E-state index in [0.717, 1.165) is 24.3 Å². The highest BCUT2D eigenvalue weighted by Gasteiger charge is 2.20. The van der Waals surface area contributed by atoms with Crippen molar-refractivity contribution in [3.8, 4) is 11.4 Å². The van der Waals surface area contributed by atoms with E-state index in [-0.39, 0.29) is 6.04 Å². The minimum atomic E-state index is 0.195. The summed E-state index contributed by atoms with van der Waals surface area (Å²) in [6, 6.07) is 10.5. The van der Waals surface area contributed by atoms with Gasteiger partial charge < -0.3 is 15.0 Å². The van der Waals surface area contributed by atoms with Crippen LogP contribution in [0.2, 0.25) is 0 Å². The van der Waals surface area contributed by atoms with E-state index in [1.54, 1.807) is 7.11 Å². The third-order valence-corrected chi connectivity index (χ3v) is 3.69. The largest absolute Gasteiger partial charge is 0.497 e. The molecule has 0 radical (unpaired) electrons. The summed E-state index contributed by atoms with van der Waals surface area (Å²) in [6.45, 7) is 0. The summed E-state index contributed by atoms with van der Waals surface area (Å²) in [7, 11) is 1.69. The second kappa shape index (κ2) is 4.50. The highest BCUT2D eigenvalue weighted by Crippen LogP contribution is 2.31. The van der Waals surface area contributed by atoms with Crippen molar-refractivity contribution in [2.45, 2.75) is 25.3 Å². The Morgan fingerprint density at radius 2 is 2.22 bits per heavy atom. The lowest BCUT2D eigenvalue weighted by Gasteiger charge is -2.21. The summed E-state index contributed by atoms with van der Waals surface area (Å²) < 4.78 is 7.51. The van der Waals surface area contributed by atoms with Crippen molar-refractivity contribution in [1.82, 2.24) is 4.57 Å². The van der Waals surface area contributed by atoms with Crippen molar-refractivity contribution in [2.75, 3.05) is 7.11 Å². The molecule has 1 aliphatic carbocycles. The van der Waals surface area contributed by atoms with Crippen LogP contribution >= 0.6 is 0 Å². The third kappa shape index (κ3) is 1.81. The fourth-order valence-corrected chi connectivity index (χ4v) is 2.73. The van der Waals surface area contributed by atoms with Gasteiger partial charge in [-0.3, -0.25) is 0 Å². The Morgan fingerprint density at radius 1 is 1.33 bits per heavy atom. The lowest BCUT2D eigenvalue weighted by Crippen LogP contribution is -2.17. The molecule has 0 spiro atoms. The zero-order chi connectivity index (χ0) is 12.5. The molecule has 1 aliphatic rings. The SMILES string of the molecule is COc1cccc(-n2ccc3c2CCCC3N)c1. The number of fused-ring (bicyclic) bond motifs is 1. The topological polar surface area (TPSA) is 40.2 Å². The predicted molar refractivity (Wildman–Crippen MR) is 72.2 cm³/mol. The number of rotatable bonds is 2. The summed E-state index contributed by atoms with van der Waals surface area (Å²) in [5.74, 6) is 0.884. The molecule has 0 saturated heterocycles. The first kappa shape index (κ1) is 11.4. The average Bonchev–Trinajstić information content (AvgIpc) is 2.84. The Balaban J connectivity index is 2.06. The molecule has 3 rings (SSSR count). The number of methoxy groups -OCH3 is 1. The maximum absolute atomic E-state index is 6.16. The van der Waals surface area contributed by atoms with Gasteiger partial charge in [0.1, 0.15) is 5.75 Å². The highest BCUT2D eigenvalue weighted by atomic mass is 16.5. The number of aromatic nitrogens is 1. The quantitative estimate of drug-likeness (QED) is 0.879. The number of nitrogens with two attached hydrogens (primary N) is 1. The molecule has 0 amide bonds. The molecule has 2 N–H and O–H groups in total. The first-order valence-electron chi connectivity index (χ1n) is 6.39. The van der Waals surface area contributed by atoms with Gasteiger partial charge >= 0.3 is 0 Å². The predicted octanol–water partition coefficient (Wildman–Crippen LogP) is 2.82. The van der Waals surface area contributed by atoms with Crippen LogP contribution in [0.5, 0.6) is 5.75 Å². The molecule has 3 nitrogen and oxygen atoms in total. The Kier molecular flexibility index (Phi) is 2.84. The van der Waals surface area contributed by atoms with Gasteiger partial charge in [-0.05, 0) is 43.0 Å². The lowest BCUT2D eigenvalue weighted by molar-refractivity contribution is 0.414. The molecule has 1 heterocycles. The van der Waals surface area contributed by atoms with Gasteiger partial charge in [-0.2, -0.15) is 0 Å². The molecule has 0 bridgehead atoms. The van der Waals surface area contributed by atoms with E-state index in [2.05, 4.69) is 29.0 Å². The van der Waals surface area contributed by atoms with Gasteiger partial charge in [0, 0.05) is 29.7 Å². The number of ether oxygens (including phenoxy) is 1. The molecular weight excluding hydrogens is 224 g/mol. The van der Waals surface area contributed by atoms with Gasteiger partial charge in [0.15, 0.2) is 0 Å². The van der Waals surface area contributed by atoms with E-state index in [9.17, 15) is 0 Å². The number of hydrogen-bond donors (Lipinski definition) is 1. The van der Waals surface area contributed by atoms with Crippen LogP contribution in [0.1, 0.15) is 30.1 Å². The van der Waals surface area contributed by atoms with Gasteiger partial charge in [0.2, 0.25) is 0 Å². The van der Waals surface area contributed by atoms with Crippen LogP contribution < -0.4 is 10.5 Å². The van der Waals surface area contributed by atoms with Crippen LogP contribution in [0.4, 0.5) is 0 Å². The van der Waals surface area contributed by atoms with Gasteiger partial charge in [0.05, 0.1) is 7.11 Å². The smallest absolute Gasteiger partial charge is 0.120 e. The zero-order valence-electron chi connectivity index (χ0n) is 10.6. The summed E-state index contributed by atoms with van der Waals surface area (Å²) in [4.78, 5) is 0. The molecule has 2 aromatic rings. The molecule has 0 saturated carbocycles. The number of benzene rings is 1. The zero-order valence-corrected chi connectivity index (χ0v) is 10.6. The molecular formula is C15H18N2O. The van der Waals surface area contributed by atoms with Crippen LogP contribution in [-0.4, -0.2) is 11.7 Å². The van der Waals surface area contributed by atoms with Gasteiger partial charge in [-0.15, -0.1) is 0 Å². The lowest BCUT2D eigenvalue weighted by atomic mass is 9.93.